The number of carbonyl (C=O) groups excluding carboxylic acids is 1. The summed E-state index contributed by atoms with van der Waals surface area (Å²) in [5.41, 5.74) is 5.69. The van der Waals surface area contributed by atoms with E-state index < -0.39 is 0 Å². The molecule has 3 rings (SSSR count). The van der Waals surface area contributed by atoms with Gasteiger partial charge in [-0.2, -0.15) is 0 Å². The van der Waals surface area contributed by atoms with Crippen LogP contribution in [0.25, 0.3) is 18.2 Å². The van der Waals surface area contributed by atoms with Gasteiger partial charge in [0.1, 0.15) is 0 Å². The first-order chi connectivity index (χ1) is 14.7. The molecule has 2 aliphatic carbocycles. The minimum atomic E-state index is -0.253. The molecule has 4 heteroatoms. The maximum absolute atomic E-state index is 12.1. The number of esters is 1. The Morgan fingerprint density at radius 1 is 1.17 bits per heavy atom. The molecule has 0 aromatic carbocycles. The van der Waals surface area contributed by atoms with Crippen molar-refractivity contribution in [1.29, 1.82) is 0 Å². The van der Waals surface area contributed by atoms with Crippen molar-refractivity contribution in [3.63, 3.8) is 0 Å². The van der Waals surface area contributed by atoms with Gasteiger partial charge in [0.25, 0.3) is 0 Å². The highest BCUT2D eigenvalue weighted by atomic mass is 16.5. The van der Waals surface area contributed by atoms with Crippen molar-refractivity contribution in [1.82, 2.24) is 4.57 Å². The lowest BCUT2D eigenvalue weighted by molar-refractivity contribution is -0.136. The van der Waals surface area contributed by atoms with E-state index in [4.69, 9.17) is 4.74 Å². The zero-order valence-corrected chi connectivity index (χ0v) is 19.1. The lowest BCUT2D eigenvalue weighted by Crippen LogP contribution is -2.07. The largest absolute Gasteiger partial charge is 0.466 e. The molecule has 162 valence electrons. The van der Waals surface area contributed by atoms with E-state index >= 15 is 0 Å². The number of carbonyl (C=O) groups is 1. The van der Waals surface area contributed by atoms with Gasteiger partial charge in [0.2, 0.25) is 0 Å². The van der Waals surface area contributed by atoms with Crippen LogP contribution in [0, 0.1) is 0 Å². The zero-order valence-electron chi connectivity index (χ0n) is 19.1. The maximum atomic E-state index is 12.1. The quantitative estimate of drug-likeness (QED) is 0.324. The first-order valence-electron chi connectivity index (χ1n) is 11.1. The van der Waals surface area contributed by atoms with E-state index in [1.807, 2.05) is 32.1 Å². The number of aromatic nitrogens is 1. The summed E-state index contributed by atoms with van der Waals surface area (Å²) >= 11 is 0. The Bertz CT molecular complexity index is 860. The fraction of sp³-hybridized carbons (Fsp3) is 0.462. The van der Waals surface area contributed by atoms with Crippen LogP contribution >= 0.6 is 0 Å². The van der Waals surface area contributed by atoms with Gasteiger partial charge >= 0.3 is 5.97 Å². The fourth-order valence-corrected chi connectivity index (χ4v) is 4.29. The summed E-state index contributed by atoms with van der Waals surface area (Å²) in [6.07, 6.45) is 23.2. The van der Waals surface area contributed by atoms with Gasteiger partial charge in [0, 0.05) is 42.8 Å². The first-order valence-corrected chi connectivity index (χ1v) is 11.1. The van der Waals surface area contributed by atoms with E-state index in [0.29, 0.717) is 17.9 Å². The summed E-state index contributed by atoms with van der Waals surface area (Å²) in [7, 11) is 5.30. The first kappa shape index (κ1) is 23.7. The van der Waals surface area contributed by atoms with Crippen molar-refractivity contribution >= 4 is 30.4 Å². The molecular formula is C26H36N2O2. The molecule has 1 aromatic rings. The summed E-state index contributed by atoms with van der Waals surface area (Å²) in [5, 5.41) is 0. The molecule has 0 radical (unpaired) electrons. The summed E-state index contributed by atoms with van der Waals surface area (Å²) in [5.74, 6) is 0.319. The summed E-state index contributed by atoms with van der Waals surface area (Å²) in [4.78, 5) is 16.1. The highest BCUT2D eigenvalue weighted by Gasteiger charge is 2.27. The third-order valence-electron chi connectivity index (χ3n) is 5.67. The molecule has 1 aromatic heterocycles. The highest BCUT2D eigenvalue weighted by Crippen LogP contribution is 2.41. The highest BCUT2D eigenvalue weighted by molar-refractivity contribution is 5.95. The summed E-state index contributed by atoms with van der Waals surface area (Å²) in [6.45, 7) is 4.00. The average molecular weight is 409 g/mol. The normalized spacial score (nSPS) is 17.0. The molecule has 30 heavy (non-hydrogen) atoms. The standard InChI is InChI=1S/C24H30N2O2.C2H6/c1-25-16-9-5-8-15-21-23(18-11-6-4-7-12-18)20-14-10-13-19(24(27)28-3)17-22(20)26(21)2;1-2/h5,8-10,14-18H,4,6-7,11-13H2,1-3H3;1-2H3/b9-5-,15-8+,25-16?;. The molecule has 0 saturated heterocycles. The van der Waals surface area contributed by atoms with E-state index in [1.54, 1.807) is 13.3 Å². The molecule has 0 N–H and O–H groups in total. The summed E-state index contributed by atoms with van der Waals surface area (Å²) in [6, 6.07) is 0. The minimum absolute atomic E-state index is 0.253. The molecule has 0 amide bonds. The van der Waals surface area contributed by atoms with Gasteiger partial charge in [-0.1, -0.05) is 57.4 Å². The number of ether oxygens (including phenoxy) is 1. The SMILES string of the molecule is CC.CN=C/C=C\C=C\c1c(C2CCCCC2)c2c(n1C)C=C(C(=O)OC)CC=C2. The monoisotopic (exact) mass is 408 g/mol. The van der Waals surface area contributed by atoms with E-state index in [1.165, 1.54) is 56.0 Å². The van der Waals surface area contributed by atoms with Crippen molar-refractivity contribution in [2.45, 2.75) is 58.3 Å². The van der Waals surface area contributed by atoms with Crippen molar-refractivity contribution in [2.75, 3.05) is 14.2 Å². The van der Waals surface area contributed by atoms with Crippen molar-refractivity contribution in [2.24, 2.45) is 12.0 Å². The Morgan fingerprint density at radius 3 is 2.57 bits per heavy atom. The van der Waals surface area contributed by atoms with Gasteiger partial charge in [-0.15, -0.1) is 0 Å². The number of nitrogens with zero attached hydrogens (tertiary/aromatic N) is 2. The van der Waals surface area contributed by atoms with Crippen LogP contribution in [0.5, 0.6) is 0 Å². The minimum Gasteiger partial charge on any atom is -0.466 e. The number of rotatable bonds is 5. The lowest BCUT2D eigenvalue weighted by atomic mass is 9.82. The Morgan fingerprint density at radius 2 is 1.90 bits per heavy atom. The van der Waals surface area contributed by atoms with Gasteiger partial charge in [-0.05, 0) is 49.0 Å². The number of hydrogen-bond donors (Lipinski definition) is 0. The van der Waals surface area contributed by atoms with Crippen molar-refractivity contribution < 1.29 is 9.53 Å². The van der Waals surface area contributed by atoms with Crippen LogP contribution in [0.1, 0.15) is 80.8 Å². The van der Waals surface area contributed by atoms with Crippen LogP contribution in [0.15, 0.2) is 34.9 Å². The smallest absolute Gasteiger partial charge is 0.334 e. The zero-order chi connectivity index (χ0) is 21.9. The molecule has 1 fully saturated rings. The lowest BCUT2D eigenvalue weighted by Gasteiger charge is -2.23. The Kier molecular flexibility index (Phi) is 9.59. The van der Waals surface area contributed by atoms with Gasteiger partial charge in [0.15, 0.2) is 0 Å². The van der Waals surface area contributed by atoms with Gasteiger partial charge in [-0.3, -0.25) is 4.99 Å². The number of methoxy groups -OCH3 is 1. The number of allylic oxidation sites excluding steroid dienone is 4. The van der Waals surface area contributed by atoms with Crippen LogP contribution in [0.3, 0.4) is 0 Å². The average Bonchev–Trinajstić information content (AvgIpc) is 2.93. The summed E-state index contributed by atoms with van der Waals surface area (Å²) < 4.78 is 7.19. The van der Waals surface area contributed by atoms with Crippen LogP contribution in [0.4, 0.5) is 0 Å². The number of hydrogen-bond acceptors (Lipinski definition) is 3. The predicted octanol–water partition coefficient (Wildman–Crippen LogP) is 6.34. The number of aliphatic imine (C=N–C) groups is 1. The van der Waals surface area contributed by atoms with Gasteiger partial charge in [0.05, 0.1) is 7.11 Å². The third-order valence-corrected chi connectivity index (χ3v) is 5.67. The van der Waals surface area contributed by atoms with Crippen molar-refractivity contribution in [3.8, 4) is 0 Å². The molecular weight excluding hydrogens is 372 g/mol. The van der Waals surface area contributed by atoms with E-state index in [2.05, 4.69) is 40.9 Å². The molecule has 0 unspecified atom stereocenters. The van der Waals surface area contributed by atoms with Gasteiger partial charge in [-0.25, -0.2) is 4.79 Å². The van der Waals surface area contributed by atoms with E-state index in [-0.39, 0.29) is 5.97 Å². The molecule has 1 heterocycles. The molecule has 2 aliphatic rings. The Balaban J connectivity index is 0.00000155. The molecule has 0 bridgehead atoms. The molecule has 0 aliphatic heterocycles. The number of fused-ring (bicyclic) bond motifs is 1. The predicted molar refractivity (Wildman–Crippen MR) is 129 cm³/mol. The molecule has 0 atom stereocenters. The van der Waals surface area contributed by atoms with Crippen LogP contribution in [0.2, 0.25) is 0 Å². The third kappa shape index (κ3) is 5.50. The molecule has 1 saturated carbocycles. The van der Waals surface area contributed by atoms with Crippen LogP contribution < -0.4 is 0 Å². The second-order valence-electron chi connectivity index (χ2n) is 7.41. The Hall–Kier alpha value is -2.62. The van der Waals surface area contributed by atoms with Crippen LogP contribution in [-0.2, 0) is 16.6 Å². The fourth-order valence-electron chi connectivity index (χ4n) is 4.29. The van der Waals surface area contributed by atoms with Crippen molar-refractivity contribution in [3.05, 3.63) is 52.4 Å². The maximum Gasteiger partial charge on any atom is 0.334 e. The molecule has 4 nitrogen and oxygen atoms in total. The second kappa shape index (κ2) is 12.2. The van der Waals surface area contributed by atoms with Crippen LogP contribution in [-0.4, -0.2) is 30.9 Å². The second-order valence-corrected chi connectivity index (χ2v) is 7.41. The van der Waals surface area contributed by atoms with E-state index in [0.717, 1.165) is 5.69 Å². The molecule has 0 spiro atoms. The van der Waals surface area contributed by atoms with Gasteiger partial charge < -0.3 is 9.30 Å². The Labute approximate surface area is 181 Å². The topological polar surface area (TPSA) is 43.6 Å². The van der Waals surface area contributed by atoms with E-state index in [9.17, 15) is 4.79 Å².